The number of rotatable bonds is 7. The average Bonchev–Trinajstić information content (AvgIpc) is 3.08. The van der Waals surface area contributed by atoms with Gasteiger partial charge in [0.25, 0.3) is 0 Å². The summed E-state index contributed by atoms with van der Waals surface area (Å²) in [5.74, 6) is 3.00. The van der Waals surface area contributed by atoms with Crippen molar-refractivity contribution in [3.8, 4) is 23.0 Å². The van der Waals surface area contributed by atoms with E-state index in [1.807, 2.05) is 24.3 Å². The minimum Gasteiger partial charge on any atom is -0.508 e. The number of likely N-dealkylation sites (tertiary alicyclic amines) is 1. The molecule has 26 heavy (non-hydrogen) atoms. The van der Waals surface area contributed by atoms with Gasteiger partial charge in [-0.05, 0) is 49.1 Å². The predicted molar refractivity (Wildman–Crippen MR) is 101 cm³/mol. The molecular weight excluding hydrogens is 330 g/mol. The van der Waals surface area contributed by atoms with E-state index in [0.717, 1.165) is 43.8 Å². The van der Waals surface area contributed by atoms with Crippen LogP contribution in [0.5, 0.6) is 23.0 Å². The van der Waals surface area contributed by atoms with Crippen LogP contribution in [0.4, 0.5) is 0 Å². The topological polar surface area (TPSA) is 51.2 Å². The van der Waals surface area contributed by atoms with Crippen LogP contribution in [0.2, 0.25) is 0 Å². The predicted octanol–water partition coefficient (Wildman–Crippen LogP) is 3.48. The van der Waals surface area contributed by atoms with Crippen molar-refractivity contribution in [2.24, 2.45) is 5.92 Å². The van der Waals surface area contributed by atoms with Crippen molar-refractivity contribution in [2.75, 3.05) is 34.4 Å². The van der Waals surface area contributed by atoms with Gasteiger partial charge in [0.2, 0.25) is 5.75 Å². The quantitative estimate of drug-likeness (QED) is 0.822. The van der Waals surface area contributed by atoms with Gasteiger partial charge in [-0.25, -0.2) is 0 Å². The highest BCUT2D eigenvalue weighted by molar-refractivity contribution is 5.55. The van der Waals surface area contributed by atoms with Crippen LogP contribution in [0.25, 0.3) is 0 Å². The third-order valence-electron chi connectivity index (χ3n) is 4.98. The van der Waals surface area contributed by atoms with E-state index in [-0.39, 0.29) is 0 Å². The van der Waals surface area contributed by atoms with E-state index in [1.54, 1.807) is 27.4 Å². The second-order valence-corrected chi connectivity index (χ2v) is 6.76. The molecule has 1 atom stereocenters. The molecular formula is C21H27NO4. The molecule has 1 heterocycles. The third-order valence-corrected chi connectivity index (χ3v) is 4.98. The molecule has 5 heteroatoms. The van der Waals surface area contributed by atoms with Gasteiger partial charge in [-0.2, -0.15) is 0 Å². The molecule has 0 aliphatic carbocycles. The Hall–Kier alpha value is -2.40. The molecule has 1 aliphatic rings. The van der Waals surface area contributed by atoms with Crippen molar-refractivity contribution in [3.05, 3.63) is 47.5 Å². The number of phenolic OH excluding ortho intramolecular Hbond substituents is 1. The van der Waals surface area contributed by atoms with Crippen molar-refractivity contribution < 1.29 is 19.3 Å². The Morgan fingerprint density at radius 3 is 2.54 bits per heavy atom. The van der Waals surface area contributed by atoms with Gasteiger partial charge in [0.1, 0.15) is 5.75 Å². The molecule has 1 fully saturated rings. The van der Waals surface area contributed by atoms with Gasteiger partial charge in [0, 0.05) is 18.7 Å². The molecule has 0 aromatic heterocycles. The van der Waals surface area contributed by atoms with E-state index in [4.69, 9.17) is 14.2 Å². The van der Waals surface area contributed by atoms with Crippen LogP contribution in [-0.4, -0.2) is 44.4 Å². The molecule has 0 amide bonds. The fourth-order valence-corrected chi connectivity index (χ4v) is 3.77. The van der Waals surface area contributed by atoms with Crippen LogP contribution in [0.1, 0.15) is 17.5 Å². The highest BCUT2D eigenvalue weighted by Gasteiger charge is 2.25. The Bertz CT molecular complexity index is 747. The van der Waals surface area contributed by atoms with Crippen molar-refractivity contribution in [1.29, 1.82) is 0 Å². The van der Waals surface area contributed by atoms with Crippen LogP contribution >= 0.6 is 0 Å². The zero-order valence-electron chi connectivity index (χ0n) is 15.7. The Kier molecular flexibility index (Phi) is 5.89. The zero-order valence-corrected chi connectivity index (χ0v) is 15.7. The Labute approximate surface area is 155 Å². The fourth-order valence-electron chi connectivity index (χ4n) is 3.77. The van der Waals surface area contributed by atoms with E-state index in [0.29, 0.717) is 23.2 Å². The molecule has 1 saturated heterocycles. The molecule has 0 saturated carbocycles. The maximum absolute atomic E-state index is 9.64. The number of ether oxygens (including phenoxy) is 3. The van der Waals surface area contributed by atoms with Crippen molar-refractivity contribution in [1.82, 2.24) is 4.90 Å². The summed E-state index contributed by atoms with van der Waals surface area (Å²) in [6.07, 6.45) is 2.15. The maximum atomic E-state index is 9.64. The lowest BCUT2D eigenvalue weighted by atomic mass is 9.98. The SMILES string of the molecule is COc1ccc(CN2CCC(Cc3cccc(O)c3)C2)c(OC)c1OC. The summed E-state index contributed by atoms with van der Waals surface area (Å²) in [7, 11) is 4.92. The highest BCUT2D eigenvalue weighted by atomic mass is 16.5. The standard InChI is InChI=1S/C21H27NO4/c1-24-19-8-7-17(20(25-2)21(19)26-3)14-22-10-9-16(13-22)11-15-5-4-6-18(23)12-15/h4-8,12,16,23H,9-11,13-14H2,1-3H3. The summed E-state index contributed by atoms with van der Waals surface area (Å²) in [6.45, 7) is 2.91. The first kappa shape index (κ1) is 18.4. The number of methoxy groups -OCH3 is 3. The number of hydrogen-bond donors (Lipinski definition) is 1. The molecule has 140 valence electrons. The molecule has 1 aliphatic heterocycles. The number of aromatic hydroxyl groups is 1. The first-order valence-corrected chi connectivity index (χ1v) is 8.92. The normalized spacial score (nSPS) is 17.3. The van der Waals surface area contributed by atoms with Gasteiger partial charge >= 0.3 is 0 Å². The monoisotopic (exact) mass is 357 g/mol. The molecule has 2 aromatic rings. The lowest BCUT2D eigenvalue weighted by molar-refractivity contribution is 0.295. The third kappa shape index (κ3) is 4.05. The van der Waals surface area contributed by atoms with Crippen molar-refractivity contribution in [3.63, 3.8) is 0 Å². The molecule has 0 bridgehead atoms. The van der Waals surface area contributed by atoms with Crippen LogP contribution < -0.4 is 14.2 Å². The first-order chi connectivity index (χ1) is 12.6. The zero-order chi connectivity index (χ0) is 18.5. The van der Waals surface area contributed by atoms with Crippen molar-refractivity contribution in [2.45, 2.75) is 19.4 Å². The van der Waals surface area contributed by atoms with Crippen LogP contribution in [0.15, 0.2) is 36.4 Å². The van der Waals surface area contributed by atoms with Crippen LogP contribution in [0.3, 0.4) is 0 Å². The average molecular weight is 357 g/mol. The van der Waals surface area contributed by atoms with Crippen LogP contribution in [0, 0.1) is 5.92 Å². The summed E-state index contributed by atoms with van der Waals surface area (Å²) >= 11 is 0. The number of hydrogen-bond acceptors (Lipinski definition) is 5. The Morgan fingerprint density at radius 2 is 1.85 bits per heavy atom. The summed E-state index contributed by atoms with van der Waals surface area (Å²) in [5.41, 5.74) is 2.30. The molecule has 0 radical (unpaired) electrons. The molecule has 2 aromatic carbocycles. The Morgan fingerprint density at radius 1 is 1.04 bits per heavy atom. The fraction of sp³-hybridized carbons (Fsp3) is 0.429. The summed E-state index contributed by atoms with van der Waals surface area (Å²) in [4.78, 5) is 2.44. The second-order valence-electron chi connectivity index (χ2n) is 6.76. The lowest BCUT2D eigenvalue weighted by Gasteiger charge is -2.20. The molecule has 1 unspecified atom stereocenters. The number of benzene rings is 2. The summed E-state index contributed by atoms with van der Waals surface area (Å²) in [5, 5.41) is 9.64. The van der Waals surface area contributed by atoms with Crippen molar-refractivity contribution >= 4 is 0 Å². The van der Waals surface area contributed by atoms with E-state index < -0.39 is 0 Å². The molecule has 1 N–H and O–H groups in total. The van der Waals surface area contributed by atoms with Gasteiger partial charge in [-0.1, -0.05) is 18.2 Å². The van der Waals surface area contributed by atoms with E-state index in [9.17, 15) is 5.11 Å². The summed E-state index contributed by atoms with van der Waals surface area (Å²) in [6, 6.07) is 11.5. The minimum atomic E-state index is 0.340. The van der Waals surface area contributed by atoms with E-state index in [2.05, 4.69) is 11.0 Å². The van der Waals surface area contributed by atoms with Gasteiger partial charge < -0.3 is 19.3 Å². The highest BCUT2D eigenvalue weighted by Crippen LogP contribution is 2.40. The van der Waals surface area contributed by atoms with Crippen LogP contribution in [-0.2, 0) is 13.0 Å². The smallest absolute Gasteiger partial charge is 0.203 e. The maximum Gasteiger partial charge on any atom is 0.203 e. The second kappa shape index (κ2) is 8.32. The molecule has 3 rings (SSSR count). The first-order valence-electron chi connectivity index (χ1n) is 8.92. The van der Waals surface area contributed by atoms with E-state index in [1.165, 1.54) is 5.56 Å². The van der Waals surface area contributed by atoms with Gasteiger partial charge in [-0.3, -0.25) is 4.90 Å². The molecule has 0 spiro atoms. The van der Waals surface area contributed by atoms with Gasteiger partial charge in [0.15, 0.2) is 11.5 Å². The largest absolute Gasteiger partial charge is 0.508 e. The summed E-state index contributed by atoms with van der Waals surface area (Å²) < 4.78 is 16.4. The lowest BCUT2D eigenvalue weighted by Crippen LogP contribution is -2.21. The molecule has 5 nitrogen and oxygen atoms in total. The number of phenols is 1. The van der Waals surface area contributed by atoms with Gasteiger partial charge in [0.05, 0.1) is 21.3 Å². The van der Waals surface area contributed by atoms with E-state index >= 15 is 0 Å². The number of nitrogens with zero attached hydrogens (tertiary/aromatic N) is 1. The Balaban J connectivity index is 1.67. The van der Waals surface area contributed by atoms with Gasteiger partial charge in [-0.15, -0.1) is 0 Å². The minimum absolute atomic E-state index is 0.340.